The fourth-order valence-corrected chi connectivity index (χ4v) is 8.14. The van der Waals surface area contributed by atoms with Gasteiger partial charge in [0.25, 0.3) is 0 Å². The molecule has 4 aromatic carbocycles. The van der Waals surface area contributed by atoms with E-state index < -0.39 is 23.5 Å². The number of rotatable bonds is 9. The highest BCUT2D eigenvalue weighted by Gasteiger charge is 2.34. The summed E-state index contributed by atoms with van der Waals surface area (Å²) in [4.78, 5) is 9.91. The molecule has 3 nitrogen and oxygen atoms in total. The van der Waals surface area contributed by atoms with Crippen LogP contribution in [0.5, 0.6) is 0 Å². The Hall–Kier alpha value is -3.28. The zero-order valence-electron chi connectivity index (χ0n) is 25.3. The van der Waals surface area contributed by atoms with Gasteiger partial charge in [-0.3, -0.25) is 0 Å². The summed E-state index contributed by atoms with van der Waals surface area (Å²) >= 11 is 2.96. The van der Waals surface area contributed by atoms with Gasteiger partial charge >= 0.3 is 12.4 Å². The van der Waals surface area contributed by atoms with Crippen LogP contribution in [-0.4, -0.2) is 37.1 Å². The maximum Gasteiger partial charge on any atom is 0.416 e. The highest BCUT2D eigenvalue weighted by Crippen LogP contribution is 2.51. The zero-order valence-corrected chi connectivity index (χ0v) is 27.0. The van der Waals surface area contributed by atoms with Crippen molar-refractivity contribution < 1.29 is 26.3 Å². The first-order valence-electron chi connectivity index (χ1n) is 15.2. The lowest BCUT2D eigenvalue weighted by Crippen LogP contribution is -2.36. The minimum Gasteiger partial charge on any atom is -0.340 e. The van der Waals surface area contributed by atoms with Gasteiger partial charge < -0.3 is 14.7 Å². The van der Waals surface area contributed by atoms with E-state index in [-0.39, 0.29) is 6.04 Å². The quantitative estimate of drug-likeness (QED) is 0.163. The van der Waals surface area contributed by atoms with Crippen LogP contribution in [0, 0.1) is 0 Å². The van der Waals surface area contributed by atoms with Crippen LogP contribution >= 0.6 is 23.5 Å². The van der Waals surface area contributed by atoms with Crippen molar-refractivity contribution >= 4 is 46.3 Å². The largest absolute Gasteiger partial charge is 0.416 e. The molecule has 0 N–H and O–H groups in total. The van der Waals surface area contributed by atoms with Gasteiger partial charge in [0.2, 0.25) is 0 Å². The summed E-state index contributed by atoms with van der Waals surface area (Å²) in [5.41, 5.74) is 1.59. The Morgan fingerprint density at radius 1 is 0.565 bits per heavy atom. The number of hydrogen-bond acceptors (Lipinski definition) is 5. The van der Waals surface area contributed by atoms with E-state index in [0.29, 0.717) is 37.3 Å². The summed E-state index contributed by atoms with van der Waals surface area (Å²) in [6.07, 6.45) is -7.43. The molecule has 11 heteroatoms. The number of halogens is 6. The fraction of sp³-hybridized carbons (Fsp3) is 0.314. The molecular weight excluding hydrogens is 641 g/mol. The third kappa shape index (κ3) is 6.87. The number of anilines is 4. The summed E-state index contributed by atoms with van der Waals surface area (Å²) in [7, 11) is 0. The Labute approximate surface area is 273 Å². The van der Waals surface area contributed by atoms with Crippen molar-refractivity contribution in [2.24, 2.45) is 0 Å². The van der Waals surface area contributed by atoms with E-state index in [2.05, 4.69) is 18.7 Å². The molecule has 2 aliphatic heterocycles. The van der Waals surface area contributed by atoms with E-state index >= 15 is 0 Å². The first-order valence-corrected chi connectivity index (χ1v) is 16.8. The minimum atomic E-state index is -4.43. The molecule has 0 saturated heterocycles. The molecule has 0 saturated carbocycles. The molecule has 0 bridgehead atoms. The average Bonchev–Trinajstić information content (AvgIpc) is 3.01. The molecular formula is C35H33F6N3S2. The lowest BCUT2D eigenvalue weighted by molar-refractivity contribution is -0.138. The van der Waals surface area contributed by atoms with Crippen LogP contribution in [0.3, 0.4) is 0 Å². The van der Waals surface area contributed by atoms with Crippen LogP contribution in [0.25, 0.3) is 0 Å². The summed E-state index contributed by atoms with van der Waals surface area (Å²) in [6, 6.07) is 23.6. The van der Waals surface area contributed by atoms with Crippen LogP contribution in [0.2, 0.25) is 0 Å². The number of para-hydroxylation sites is 2. The number of nitrogens with zero attached hydrogens (tertiary/aromatic N) is 3. The monoisotopic (exact) mass is 673 g/mol. The molecule has 0 amide bonds. The summed E-state index contributed by atoms with van der Waals surface area (Å²) in [5.74, 6) is 0. The van der Waals surface area contributed by atoms with Crippen molar-refractivity contribution in [2.75, 3.05) is 36.0 Å². The smallest absolute Gasteiger partial charge is 0.340 e. The molecule has 0 radical (unpaired) electrons. The SMILES string of the molecule is CC(C)N(CCCN1c2ccccc2Sc2ccc(C(F)(F)F)cc21)CCCN1c2ccccc2Sc2ccc(C(F)(F)F)cc21. The van der Waals surface area contributed by atoms with Crippen LogP contribution in [0.1, 0.15) is 37.8 Å². The van der Waals surface area contributed by atoms with Gasteiger partial charge in [0, 0.05) is 51.8 Å². The predicted molar refractivity (Wildman–Crippen MR) is 174 cm³/mol. The maximum absolute atomic E-state index is 13.6. The number of fused-ring (bicyclic) bond motifs is 4. The molecule has 2 heterocycles. The lowest BCUT2D eigenvalue weighted by Gasteiger charge is -2.35. The molecule has 6 rings (SSSR count). The van der Waals surface area contributed by atoms with Gasteiger partial charge in [-0.25, -0.2) is 0 Å². The number of hydrogen-bond donors (Lipinski definition) is 0. The molecule has 0 aromatic heterocycles. The molecule has 2 aliphatic rings. The molecule has 0 spiro atoms. The molecule has 0 aliphatic carbocycles. The van der Waals surface area contributed by atoms with Crippen molar-refractivity contribution in [1.29, 1.82) is 0 Å². The minimum absolute atomic E-state index is 0.210. The zero-order chi connectivity index (χ0) is 32.6. The van der Waals surface area contributed by atoms with Gasteiger partial charge in [0.05, 0.1) is 33.9 Å². The van der Waals surface area contributed by atoms with Crippen LogP contribution < -0.4 is 9.80 Å². The predicted octanol–water partition coefficient (Wildman–Crippen LogP) is 11.1. The van der Waals surface area contributed by atoms with Crippen LogP contribution in [-0.2, 0) is 12.4 Å². The summed E-state index contributed by atoms with van der Waals surface area (Å²) in [5, 5.41) is 0. The molecule has 0 fully saturated rings. The standard InChI is InChI=1S/C35H33F6N3S2/c1-23(2)42(17-7-19-43-26-9-3-5-11-30(26)45-32-15-13-24(21-28(32)43)34(36,37)38)18-8-20-44-27-10-4-6-12-31(27)46-33-16-14-25(22-29(33)44)35(39,40)41/h3-6,9-16,21-23H,7-8,17-20H2,1-2H3. The van der Waals surface area contributed by atoms with E-state index in [1.807, 2.05) is 58.3 Å². The van der Waals surface area contributed by atoms with Gasteiger partial charge in [-0.1, -0.05) is 47.8 Å². The van der Waals surface area contributed by atoms with Crippen molar-refractivity contribution in [3.63, 3.8) is 0 Å². The van der Waals surface area contributed by atoms with Gasteiger partial charge in [-0.2, -0.15) is 26.3 Å². The van der Waals surface area contributed by atoms with Gasteiger partial charge in [-0.15, -0.1) is 0 Å². The number of benzene rings is 4. The van der Waals surface area contributed by atoms with Gasteiger partial charge in [0.15, 0.2) is 0 Å². The molecule has 0 unspecified atom stereocenters. The Morgan fingerprint density at radius 2 is 0.957 bits per heavy atom. The summed E-state index contributed by atoms with van der Waals surface area (Å²) < 4.78 is 81.8. The highest BCUT2D eigenvalue weighted by atomic mass is 32.2. The maximum atomic E-state index is 13.6. The topological polar surface area (TPSA) is 9.72 Å². The summed E-state index contributed by atoms with van der Waals surface area (Å²) in [6.45, 7) is 6.74. The van der Waals surface area contributed by atoms with Crippen LogP contribution in [0.15, 0.2) is 105 Å². The van der Waals surface area contributed by atoms with Crippen molar-refractivity contribution in [2.45, 2.75) is 64.7 Å². The van der Waals surface area contributed by atoms with Crippen molar-refractivity contribution in [1.82, 2.24) is 4.90 Å². The number of alkyl halides is 6. The Bertz CT molecular complexity index is 1580. The first-order chi connectivity index (χ1) is 21.9. The van der Waals surface area contributed by atoms with E-state index in [0.717, 1.165) is 56.2 Å². The van der Waals surface area contributed by atoms with E-state index in [4.69, 9.17) is 0 Å². The normalized spacial score (nSPS) is 14.3. The Balaban J connectivity index is 1.16. The third-order valence-electron chi connectivity index (χ3n) is 8.29. The van der Waals surface area contributed by atoms with Crippen molar-refractivity contribution in [3.05, 3.63) is 96.1 Å². The van der Waals surface area contributed by atoms with E-state index in [9.17, 15) is 26.3 Å². The second kappa shape index (κ2) is 13.1. The first kappa shape index (κ1) is 32.7. The molecule has 242 valence electrons. The third-order valence-corrected chi connectivity index (χ3v) is 10.6. The van der Waals surface area contributed by atoms with Crippen LogP contribution in [0.4, 0.5) is 49.1 Å². The van der Waals surface area contributed by atoms with E-state index in [1.165, 1.54) is 35.7 Å². The Kier molecular flexibility index (Phi) is 9.29. The second-order valence-electron chi connectivity index (χ2n) is 11.6. The fourth-order valence-electron chi connectivity index (χ4n) is 5.99. The van der Waals surface area contributed by atoms with Crippen molar-refractivity contribution in [3.8, 4) is 0 Å². The highest BCUT2D eigenvalue weighted by molar-refractivity contribution is 8.00. The van der Waals surface area contributed by atoms with Gasteiger partial charge in [0.1, 0.15) is 0 Å². The van der Waals surface area contributed by atoms with Gasteiger partial charge in [-0.05, 0) is 87.4 Å². The Morgan fingerprint density at radius 3 is 1.35 bits per heavy atom. The molecule has 4 aromatic rings. The molecule has 46 heavy (non-hydrogen) atoms. The lowest BCUT2D eigenvalue weighted by atomic mass is 10.1. The average molecular weight is 674 g/mol. The van der Waals surface area contributed by atoms with E-state index in [1.54, 1.807) is 12.1 Å². The molecule has 0 atom stereocenters. The second-order valence-corrected chi connectivity index (χ2v) is 13.8.